The fourth-order valence-electron chi connectivity index (χ4n) is 1.67. The van der Waals surface area contributed by atoms with E-state index in [9.17, 15) is 0 Å². The quantitative estimate of drug-likeness (QED) is 0.777. The number of nitrogens with zero attached hydrogens (tertiary/aromatic N) is 3. The van der Waals surface area contributed by atoms with Gasteiger partial charge in [-0.3, -0.25) is 0 Å². The van der Waals surface area contributed by atoms with Gasteiger partial charge in [0.15, 0.2) is 0 Å². The first-order chi connectivity index (χ1) is 8.24. The Bertz CT molecular complexity index is 493. The van der Waals surface area contributed by atoms with Crippen LogP contribution in [-0.2, 0) is 6.42 Å². The molecule has 0 spiro atoms. The minimum atomic E-state index is -0.0573. The van der Waals surface area contributed by atoms with Crippen molar-refractivity contribution >= 4 is 11.6 Å². The van der Waals surface area contributed by atoms with Gasteiger partial charge in [0.2, 0.25) is 0 Å². The average molecular weight is 250 g/mol. The van der Waals surface area contributed by atoms with E-state index in [0.717, 1.165) is 24.2 Å². The highest BCUT2D eigenvalue weighted by molar-refractivity contribution is 6.20. The van der Waals surface area contributed by atoms with Crippen LogP contribution in [0.4, 0.5) is 0 Å². The molecule has 0 aliphatic carbocycles. The highest BCUT2D eigenvalue weighted by Crippen LogP contribution is 2.22. The third kappa shape index (κ3) is 2.67. The van der Waals surface area contributed by atoms with E-state index in [2.05, 4.69) is 29.4 Å². The lowest BCUT2D eigenvalue weighted by molar-refractivity contribution is 0.785. The topological polar surface area (TPSA) is 30.7 Å². The molecule has 0 radical (unpaired) electrons. The van der Waals surface area contributed by atoms with Crippen LogP contribution >= 0.6 is 11.6 Å². The third-order valence-corrected chi connectivity index (χ3v) is 3.31. The van der Waals surface area contributed by atoms with Crippen LogP contribution in [0.5, 0.6) is 0 Å². The minimum Gasteiger partial charge on any atom is -0.220 e. The Labute approximate surface area is 106 Å². The van der Waals surface area contributed by atoms with Crippen LogP contribution < -0.4 is 0 Å². The second kappa shape index (κ2) is 5.32. The van der Waals surface area contributed by atoms with Crippen LogP contribution in [0.1, 0.15) is 36.9 Å². The molecule has 1 atom stereocenters. The van der Waals surface area contributed by atoms with Crippen molar-refractivity contribution in [3.05, 3.63) is 41.7 Å². The zero-order valence-corrected chi connectivity index (χ0v) is 10.9. The number of rotatable bonds is 4. The molecular weight excluding hydrogens is 234 g/mol. The fourth-order valence-corrected chi connectivity index (χ4v) is 1.77. The zero-order chi connectivity index (χ0) is 12.3. The molecule has 0 bridgehead atoms. The summed E-state index contributed by atoms with van der Waals surface area (Å²) in [5.74, 6) is 0. The van der Waals surface area contributed by atoms with Crippen LogP contribution in [0.15, 0.2) is 30.5 Å². The molecule has 1 heterocycles. The lowest BCUT2D eigenvalue weighted by Crippen LogP contribution is -1.95. The van der Waals surface area contributed by atoms with Crippen molar-refractivity contribution in [1.82, 2.24) is 15.0 Å². The molecule has 4 heteroatoms. The molecule has 0 saturated carbocycles. The van der Waals surface area contributed by atoms with E-state index < -0.39 is 0 Å². The van der Waals surface area contributed by atoms with E-state index >= 15 is 0 Å². The number of benzene rings is 1. The molecule has 3 nitrogen and oxygen atoms in total. The number of hydrogen-bond donors (Lipinski definition) is 0. The van der Waals surface area contributed by atoms with Crippen molar-refractivity contribution in [3.63, 3.8) is 0 Å². The van der Waals surface area contributed by atoms with Crippen LogP contribution in [0.2, 0.25) is 0 Å². The summed E-state index contributed by atoms with van der Waals surface area (Å²) in [7, 11) is 0. The number of alkyl halides is 1. The maximum atomic E-state index is 6.13. The standard InChI is InChI=1S/C13H16ClN3/c1-3-10-6-5-7-11(8-10)17-9-13(15-16-17)12(14)4-2/h5-9,12H,3-4H2,1-2H3. The predicted octanol–water partition coefficient (Wildman–Crippen LogP) is 3.52. The van der Waals surface area contributed by atoms with Gasteiger partial charge < -0.3 is 0 Å². The summed E-state index contributed by atoms with van der Waals surface area (Å²) in [5, 5.41) is 8.16. The number of aryl methyl sites for hydroxylation is 1. The van der Waals surface area contributed by atoms with Crippen LogP contribution in [0.25, 0.3) is 5.69 Å². The van der Waals surface area contributed by atoms with Crippen LogP contribution in [0.3, 0.4) is 0 Å². The second-order valence-corrected chi connectivity index (χ2v) is 4.51. The zero-order valence-electron chi connectivity index (χ0n) is 10.1. The molecule has 0 aliphatic rings. The van der Waals surface area contributed by atoms with E-state index in [-0.39, 0.29) is 5.38 Å². The molecule has 1 aromatic carbocycles. The molecule has 0 amide bonds. The predicted molar refractivity (Wildman–Crippen MR) is 69.6 cm³/mol. The first-order valence-electron chi connectivity index (χ1n) is 5.90. The van der Waals surface area contributed by atoms with E-state index in [4.69, 9.17) is 11.6 Å². The highest BCUT2D eigenvalue weighted by atomic mass is 35.5. The molecule has 17 heavy (non-hydrogen) atoms. The summed E-state index contributed by atoms with van der Waals surface area (Å²) in [5.41, 5.74) is 3.15. The molecular formula is C13H16ClN3. The lowest BCUT2D eigenvalue weighted by Gasteiger charge is -2.02. The first-order valence-corrected chi connectivity index (χ1v) is 6.33. The minimum absolute atomic E-state index is 0.0573. The second-order valence-electron chi connectivity index (χ2n) is 3.99. The first kappa shape index (κ1) is 12.1. The van der Waals surface area contributed by atoms with Gasteiger partial charge in [-0.15, -0.1) is 16.7 Å². The molecule has 1 unspecified atom stereocenters. The van der Waals surface area contributed by atoms with Gasteiger partial charge in [-0.05, 0) is 30.5 Å². The largest absolute Gasteiger partial charge is 0.220 e. The Morgan fingerprint density at radius 3 is 2.88 bits per heavy atom. The molecule has 0 saturated heterocycles. The van der Waals surface area contributed by atoms with Crippen LogP contribution in [-0.4, -0.2) is 15.0 Å². The maximum Gasteiger partial charge on any atom is 0.101 e. The molecule has 2 rings (SSSR count). The summed E-state index contributed by atoms with van der Waals surface area (Å²) in [4.78, 5) is 0. The Morgan fingerprint density at radius 1 is 1.35 bits per heavy atom. The molecule has 0 fully saturated rings. The summed E-state index contributed by atoms with van der Waals surface area (Å²) in [6, 6.07) is 8.28. The highest BCUT2D eigenvalue weighted by Gasteiger charge is 2.10. The van der Waals surface area contributed by atoms with Gasteiger partial charge >= 0.3 is 0 Å². The lowest BCUT2D eigenvalue weighted by atomic mass is 10.1. The van der Waals surface area contributed by atoms with Gasteiger partial charge in [-0.2, -0.15) is 0 Å². The van der Waals surface area contributed by atoms with Gasteiger partial charge in [-0.1, -0.05) is 31.2 Å². The molecule has 1 aromatic heterocycles. The van der Waals surface area contributed by atoms with Crippen molar-refractivity contribution < 1.29 is 0 Å². The normalized spacial score (nSPS) is 12.6. The van der Waals surface area contributed by atoms with Gasteiger partial charge in [0.1, 0.15) is 5.69 Å². The molecule has 2 aromatic rings. The van der Waals surface area contributed by atoms with E-state index in [1.165, 1.54) is 5.56 Å². The van der Waals surface area contributed by atoms with E-state index in [1.54, 1.807) is 4.68 Å². The van der Waals surface area contributed by atoms with Crippen molar-refractivity contribution in [1.29, 1.82) is 0 Å². The van der Waals surface area contributed by atoms with E-state index in [0.29, 0.717) is 0 Å². The van der Waals surface area contributed by atoms with Gasteiger partial charge in [-0.25, -0.2) is 4.68 Å². The van der Waals surface area contributed by atoms with Crippen molar-refractivity contribution in [3.8, 4) is 5.69 Å². The Morgan fingerprint density at radius 2 is 2.18 bits per heavy atom. The number of hydrogen-bond acceptors (Lipinski definition) is 2. The summed E-state index contributed by atoms with van der Waals surface area (Å²) in [6.45, 7) is 4.17. The number of aromatic nitrogens is 3. The maximum absolute atomic E-state index is 6.13. The summed E-state index contributed by atoms with van der Waals surface area (Å²) in [6.07, 6.45) is 3.77. The van der Waals surface area contributed by atoms with Gasteiger partial charge in [0.25, 0.3) is 0 Å². The van der Waals surface area contributed by atoms with Crippen molar-refractivity contribution in [2.24, 2.45) is 0 Å². The Balaban J connectivity index is 2.30. The molecule has 0 aliphatic heterocycles. The van der Waals surface area contributed by atoms with Gasteiger partial charge in [0.05, 0.1) is 17.3 Å². The monoisotopic (exact) mass is 249 g/mol. The SMILES string of the molecule is CCc1cccc(-n2cc(C(Cl)CC)nn2)c1. The third-order valence-electron chi connectivity index (χ3n) is 2.77. The Kier molecular flexibility index (Phi) is 3.79. The number of halogens is 1. The smallest absolute Gasteiger partial charge is 0.101 e. The molecule has 0 N–H and O–H groups in total. The molecule has 90 valence electrons. The van der Waals surface area contributed by atoms with Crippen molar-refractivity contribution in [2.75, 3.05) is 0 Å². The van der Waals surface area contributed by atoms with Crippen LogP contribution in [0, 0.1) is 0 Å². The van der Waals surface area contributed by atoms with Crippen molar-refractivity contribution in [2.45, 2.75) is 32.1 Å². The fraction of sp³-hybridized carbons (Fsp3) is 0.385. The van der Waals surface area contributed by atoms with Gasteiger partial charge in [0, 0.05) is 0 Å². The van der Waals surface area contributed by atoms with E-state index in [1.807, 2.05) is 25.3 Å². The summed E-state index contributed by atoms with van der Waals surface area (Å²) < 4.78 is 1.78. The average Bonchev–Trinajstić information content (AvgIpc) is 2.87. The summed E-state index contributed by atoms with van der Waals surface area (Å²) >= 11 is 6.13. The Hall–Kier alpha value is -1.35.